The fraction of sp³-hybridized carbons (Fsp3) is 0.176. The molecule has 0 saturated carbocycles. The third-order valence-electron chi connectivity index (χ3n) is 3.21. The molecule has 1 N–H and O–H groups in total. The number of hydrogen-bond acceptors (Lipinski definition) is 6. The molecule has 0 bridgehead atoms. The van der Waals surface area contributed by atoms with Gasteiger partial charge in [-0.2, -0.15) is 0 Å². The van der Waals surface area contributed by atoms with Crippen LogP contribution in [-0.2, 0) is 14.3 Å². The minimum absolute atomic E-state index is 0.00237. The molecular weight excluding hydrogens is 382 g/mol. The number of nitro groups is 1. The van der Waals surface area contributed by atoms with Crippen molar-refractivity contribution in [2.24, 2.45) is 0 Å². The topological polar surface area (TPSA) is 98.5 Å². The zero-order chi connectivity index (χ0) is 19.8. The number of anilines is 1. The Morgan fingerprint density at radius 2 is 1.89 bits per heavy atom. The average Bonchev–Trinajstić information content (AvgIpc) is 2.63. The van der Waals surface area contributed by atoms with Gasteiger partial charge >= 0.3 is 5.97 Å². The lowest BCUT2D eigenvalue weighted by atomic mass is 10.2. The van der Waals surface area contributed by atoms with E-state index in [1.165, 1.54) is 30.3 Å². The van der Waals surface area contributed by atoms with Crippen LogP contribution in [-0.4, -0.2) is 29.2 Å². The van der Waals surface area contributed by atoms with Crippen LogP contribution in [0, 0.1) is 21.7 Å². The minimum Gasteiger partial charge on any atom is -0.456 e. The Morgan fingerprint density at radius 1 is 1.15 bits per heavy atom. The van der Waals surface area contributed by atoms with E-state index in [2.05, 4.69) is 5.32 Å². The number of nitrogens with one attached hydrogen (secondary N) is 1. The van der Waals surface area contributed by atoms with E-state index in [1.54, 1.807) is 0 Å². The highest BCUT2D eigenvalue weighted by Gasteiger charge is 2.15. The van der Waals surface area contributed by atoms with Gasteiger partial charge in [-0.1, -0.05) is 12.1 Å². The van der Waals surface area contributed by atoms with Crippen LogP contribution in [0.5, 0.6) is 0 Å². The Kier molecular flexibility index (Phi) is 7.24. The van der Waals surface area contributed by atoms with Gasteiger partial charge in [0.05, 0.1) is 11.3 Å². The number of rotatable bonds is 8. The standard InChI is InChI=1S/C17H14F2N2O5S/c18-12-6-5-11(9-13(12)19)27-8-7-17(23)26-10-16(22)20-14-3-1-2-4-15(14)21(24)25/h1-6,9H,7-8,10H2,(H,20,22). The number of ether oxygens (including phenoxy) is 1. The number of esters is 1. The van der Waals surface area contributed by atoms with Crippen LogP contribution in [0.2, 0.25) is 0 Å². The molecule has 1 amide bonds. The van der Waals surface area contributed by atoms with Crippen molar-refractivity contribution in [3.05, 3.63) is 64.2 Å². The van der Waals surface area contributed by atoms with Crippen molar-refractivity contribution in [1.29, 1.82) is 0 Å². The molecule has 0 spiro atoms. The fourth-order valence-corrected chi connectivity index (χ4v) is 2.82. The first kappa shape index (κ1) is 20.3. The number of nitro benzene ring substituents is 1. The van der Waals surface area contributed by atoms with Gasteiger partial charge in [0.1, 0.15) is 5.69 Å². The summed E-state index contributed by atoms with van der Waals surface area (Å²) < 4.78 is 30.7. The highest BCUT2D eigenvalue weighted by molar-refractivity contribution is 7.99. The number of para-hydroxylation sites is 2. The van der Waals surface area contributed by atoms with Gasteiger partial charge in [-0.3, -0.25) is 19.7 Å². The third-order valence-corrected chi connectivity index (χ3v) is 4.20. The molecule has 7 nitrogen and oxygen atoms in total. The van der Waals surface area contributed by atoms with Crippen LogP contribution in [0.1, 0.15) is 6.42 Å². The van der Waals surface area contributed by atoms with Crippen molar-refractivity contribution >= 4 is 35.0 Å². The van der Waals surface area contributed by atoms with Crippen LogP contribution in [0.3, 0.4) is 0 Å². The molecule has 0 radical (unpaired) electrons. The van der Waals surface area contributed by atoms with Crippen molar-refractivity contribution < 1.29 is 28.0 Å². The first-order valence-electron chi connectivity index (χ1n) is 7.63. The summed E-state index contributed by atoms with van der Waals surface area (Å²) in [6.45, 7) is -0.597. The van der Waals surface area contributed by atoms with E-state index in [9.17, 15) is 28.5 Å². The van der Waals surface area contributed by atoms with Crippen LogP contribution < -0.4 is 5.32 Å². The molecule has 27 heavy (non-hydrogen) atoms. The van der Waals surface area contributed by atoms with Crippen LogP contribution in [0.4, 0.5) is 20.2 Å². The second-order valence-electron chi connectivity index (χ2n) is 5.16. The van der Waals surface area contributed by atoms with E-state index in [0.717, 1.165) is 23.9 Å². The Bertz CT molecular complexity index is 863. The first-order valence-corrected chi connectivity index (χ1v) is 8.62. The lowest BCUT2D eigenvalue weighted by Gasteiger charge is -2.07. The average molecular weight is 396 g/mol. The third kappa shape index (κ3) is 6.33. The van der Waals surface area contributed by atoms with Gasteiger partial charge in [0.25, 0.3) is 11.6 Å². The number of carbonyl (C=O) groups is 2. The molecule has 0 aliphatic carbocycles. The molecule has 0 unspecified atom stereocenters. The number of halogens is 2. The van der Waals surface area contributed by atoms with E-state index in [4.69, 9.17) is 4.74 Å². The number of carbonyl (C=O) groups excluding carboxylic acids is 2. The van der Waals surface area contributed by atoms with Crippen molar-refractivity contribution in [3.63, 3.8) is 0 Å². The van der Waals surface area contributed by atoms with E-state index in [-0.39, 0.29) is 23.5 Å². The Hall–Kier alpha value is -3.01. The lowest BCUT2D eigenvalue weighted by molar-refractivity contribution is -0.383. The second-order valence-corrected chi connectivity index (χ2v) is 6.33. The summed E-state index contributed by atoms with van der Waals surface area (Å²) in [6.07, 6.45) is -0.0531. The second kappa shape index (κ2) is 9.62. The summed E-state index contributed by atoms with van der Waals surface area (Å²) in [6, 6.07) is 8.96. The number of hydrogen-bond donors (Lipinski definition) is 1. The molecule has 142 valence electrons. The van der Waals surface area contributed by atoms with Crippen LogP contribution in [0.25, 0.3) is 0 Å². The Balaban J connectivity index is 1.74. The molecule has 0 fully saturated rings. The van der Waals surface area contributed by atoms with Gasteiger partial charge in [0.2, 0.25) is 0 Å². The molecule has 0 aliphatic heterocycles. The minimum atomic E-state index is -0.978. The fourth-order valence-electron chi connectivity index (χ4n) is 1.96. The maximum atomic E-state index is 13.1. The molecule has 2 aromatic rings. The number of thioether (sulfide) groups is 1. The lowest BCUT2D eigenvalue weighted by Crippen LogP contribution is -2.21. The number of nitrogens with zero attached hydrogens (tertiary/aromatic N) is 1. The van der Waals surface area contributed by atoms with Crippen molar-refractivity contribution in [2.75, 3.05) is 17.7 Å². The monoisotopic (exact) mass is 396 g/mol. The predicted molar refractivity (Wildman–Crippen MR) is 94.4 cm³/mol. The molecule has 0 aliphatic rings. The van der Waals surface area contributed by atoms with E-state index in [0.29, 0.717) is 4.90 Å². The van der Waals surface area contributed by atoms with E-state index in [1.807, 2.05) is 0 Å². The van der Waals surface area contributed by atoms with Gasteiger partial charge in [0, 0.05) is 16.7 Å². The number of amides is 1. The smallest absolute Gasteiger partial charge is 0.307 e. The largest absolute Gasteiger partial charge is 0.456 e. The van der Waals surface area contributed by atoms with E-state index < -0.39 is 35.0 Å². The molecule has 2 aromatic carbocycles. The summed E-state index contributed by atoms with van der Waals surface area (Å²) >= 11 is 1.13. The van der Waals surface area contributed by atoms with Gasteiger partial charge in [-0.05, 0) is 24.3 Å². The highest BCUT2D eigenvalue weighted by atomic mass is 32.2. The summed E-state index contributed by atoms with van der Waals surface area (Å²) in [5.41, 5.74) is -0.280. The summed E-state index contributed by atoms with van der Waals surface area (Å²) in [7, 11) is 0. The van der Waals surface area contributed by atoms with Crippen molar-refractivity contribution in [2.45, 2.75) is 11.3 Å². The van der Waals surface area contributed by atoms with Crippen LogP contribution in [0.15, 0.2) is 47.4 Å². The number of benzene rings is 2. The SMILES string of the molecule is O=C(COC(=O)CCSc1ccc(F)c(F)c1)Nc1ccccc1[N+](=O)[O-]. The predicted octanol–water partition coefficient (Wildman–Crippen LogP) is 3.54. The van der Waals surface area contributed by atoms with Crippen molar-refractivity contribution in [3.8, 4) is 0 Å². The van der Waals surface area contributed by atoms with Crippen molar-refractivity contribution in [1.82, 2.24) is 0 Å². The molecule has 0 atom stereocenters. The molecule has 10 heteroatoms. The molecule has 0 aromatic heterocycles. The summed E-state index contributed by atoms with van der Waals surface area (Å²) in [5.74, 6) is -3.07. The van der Waals surface area contributed by atoms with E-state index >= 15 is 0 Å². The quantitative estimate of drug-likeness (QED) is 0.317. The maximum Gasteiger partial charge on any atom is 0.307 e. The molecule has 0 heterocycles. The Labute approximate surface area is 156 Å². The zero-order valence-electron chi connectivity index (χ0n) is 13.8. The van der Waals surface area contributed by atoms with Gasteiger partial charge in [0.15, 0.2) is 18.2 Å². The highest BCUT2D eigenvalue weighted by Crippen LogP contribution is 2.23. The van der Waals surface area contributed by atoms with Crippen LogP contribution >= 0.6 is 11.8 Å². The zero-order valence-corrected chi connectivity index (χ0v) is 14.6. The molecule has 0 saturated heterocycles. The molecular formula is C17H14F2N2O5S. The molecule has 2 rings (SSSR count). The van der Waals surface area contributed by atoms with Gasteiger partial charge < -0.3 is 10.1 Å². The van der Waals surface area contributed by atoms with Gasteiger partial charge in [-0.25, -0.2) is 8.78 Å². The first-order chi connectivity index (χ1) is 12.9. The maximum absolute atomic E-state index is 13.1. The normalized spacial score (nSPS) is 10.3. The summed E-state index contributed by atoms with van der Waals surface area (Å²) in [5, 5.41) is 13.2. The Morgan fingerprint density at radius 3 is 2.59 bits per heavy atom. The summed E-state index contributed by atoms with van der Waals surface area (Å²) in [4.78, 5) is 34.1. The van der Waals surface area contributed by atoms with Gasteiger partial charge in [-0.15, -0.1) is 11.8 Å².